The van der Waals surface area contributed by atoms with Crippen LogP contribution >= 0.6 is 0 Å². The van der Waals surface area contributed by atoms with Crippen molar-refractivity contribution >= 4 is 21.6 Å². The van der Waals surface area contributed by atoms with Gasteiger partial charge in [0.1, 0.15) is 5.56 Å². The monoisotopic (exact) mass is 339 g/mol. The van der Waals surface area contributed by atoms with Gasteiger partial charge in [0, 0.05) is 31.5 Å². The van der Waals surface area contributed by atoms with Crippen LogP contribution in [-0.4, -0.2) is 59.6 Å². The van der Waals surface area contributed by atoms with Gasteiger partial charge in [0.2, 0.25) is 10.0 Å². The van der Waals surface area contributed by atoms with E-state index in [2.05, 4.69) is 15.4 Å². The summed E-state index contributed by atoms with van der Waals surface area (Å²) in [5.41, 5.74) is 2.65. The number of fused-ring (bicyclic) bond motifs is 1. The van der Waals surface area contributed by atoms with Crippen LogP contribution in [0.4, 0.5) is 0 Å². The zero-order valence-corrected chi connectivity index (χ0v) is 14.5. The molecule has 2 aromatic rings. The van der Waals surface area contributed by atoms with Crippen LogP contribution in [0.3, 0.4) is 0 Å². The molecule has 2 rings (SSSR count). The first kappa shape index (κ1) is 17.4. The molecular weight excluding hydrogens is 318 g/mol. The van der Waals surface area contributed by atoms with Gasteiger partial charge < -0.3 is 5.32 Å². The van der Waals surface area contributed by atoms with Gasteiger partial charge in [0.15, 0.2) is 5.65 Å². The lowest BCUT2D eigenvalue weighted by molar-refractivity contribution is 0.0954. The number of carbonyl (C=O) groups is 1. The first-order valence-electron chi connectivity index (χ1n) is 7.21. The largest absolute Gasteiger partial charge is 0.352 e. The summed E-state index contributed by atoms with van der Waals surface area (Å²) in [5.74, 6) is -0.264. The Balaban J connectivity index is 2.00. The van der Waals surface area contributed by atoms with Crippen LogP contribution in [-0.2, 0) is 10.0 Å². The molecular formula is C14H21N5O3S. The number of amides is 1. The van der Waals surface area contributed by atoms with Gasteiger partial charge in [-0.3, -0.25) is 4.79 Å². The maximum absolute atomic E-state index is 12.2. The van der Waals surface area contributed by atoms with Crippen LogP contribution in [0.15, 0.2) is 12.3 Å². The van der Waals surface area contributed by atoms with E-state index in [9.17, 15) is 13.2 Å². The lowest BCUT2D eigenvalue weighted by Crippen LogP contribution is -2.31. The molecule has 9 heteroatoms. The molecule has 23 heavy (non-hydrogen) atoms. The van der Waals surface area contributed by atoms with Crippen molar-refractivity contribution in [2.24, 2.45) is 0 Å². The number of aryl methyl sites for hydroxylation is 2. The highest BCUT2D eigenvalue weighted by Gasteiger charge is 2.15. The lowest BCUT2D eigenvalue weighted by Gasteiger charge is -2.13. The van der Waals surface area contributed by atoms with E-state index in [1.807, 2.05) is 19.9 Å². The number of carbonyl (C=O) groups excluding carboxylic acids is 1. The van der Waals surface area contributed by atoms with Gasteiger partial charge in [0.05, 0.1) is 12.5 Å². The highest BCUT2D eigenvalue weighted by atomic mass is 32.2. The molecule has 0 unspecified atom stereocenters. The van der Waals surface area contributed by atoms with E-state index in [1.54, 1.807) is 4.52 Å². The number of hydrogen-bond acceptors (Lipinski definition) is 5. The van der Waals surface area contributed by atoms with Crippen molar-refractivity contribution in [3.8, 4) is 0 Å². The Hall–Kier alpha value is -2.00. The van der Waals surface area contributed by atoms with Crippen LogP contribution in [0.2, 0.25) is 0 Å². The molecule has 0 aliphatic carbocycles. The topological polar surface area (TPSA) is 96.7 Å². The van der Waals surface area contributed by atoms with Gasteiger partial charge in [-0.05, 0) is 26.3 Å². The van der Waals surface area contributed by atoms with Gasteiger partial charge in [-0.25, -0.2) is 22.2 Å². The van der Waals surface area contributed by atoms with E-state index < -0.39 is 10.0 Å². The number of hydrogen-bond donors (Lipinski definition) is 1. The van der Waals surface area contributed by atoms with Crippen LogP contribution in [0.5, 0.6) is 0 Å². The second-order valence-electron chi connectivity index (χ2n) is 5.53. The summed E-state index contributed by atoms with van der Waals surface area (Å²) >= 11 is 0. The smallest absolute Gasteiger partial charge is 0.256 e. The van der Waals surface area contributed by atoms with E-state index in [4.69, 9.17) is 0 Å². The first-order valence-corrected chi connectivity index (χ1v) is 9.06. The van der Waals surface area contributed by atoms with Crippen LogP contribution < -0.4 is 5.32 Å². The van der Waals surface area contributed by atoms with Gasteiger partial charge in [-0.15, -0.1) is 0 Å². The summed E-state index contributed by atoms with van der Waals surface area (Å²) in [6.45, 7) is 4.49. The fourth-order valence-corrected chi connectivity index (χ4v) is 2.66. The van der Waals surface area contributed by atoms with Crippen molar-refractivity contribution in [1.82, 2.24) is 24.2 Å². The molecule has 0 aliphatic rings. The molecule has 1 amide bonds. The molecule has 2 aromatic heterocycles. The number of nitrogens with one attached hydrogen (secondary N) is 1. The summed E-state index contributed by atoms with van der Waals surface area (Å²) in [7, 11) is -1.68. The Labute approximate surface area is 135 Å². The Kier molecular flexibility index (Phi) is 5.00. The molecule has 0 saturated carbocycles. The quantitative estimate of drug-likeness (QED) is 0.767. The normalized spacial score (nSPS) is 12.0. The highest BCUT2D eigenvalue weighted by Crippen LogP contribution is 2.11. The van der Waals surface area contributed by atoms with Crippen LogP contribution in [0.25, 0.3) is 5.65 Å². The van der Waals surface area contributed by atoms with E-state index >= 15 is 0 Å². The van der Waals surface area contributed by atoms with Crippen molar-refractivity contribution in [1.29, 1.82) is 0 Å². The number of sulfonamides is 1. The van der Waals surface area contributed by atoms with Crippen molar-refractivity contribution < 1.29 is 13.2 Å². The third-order valence-electron chi connectivity index (χ3n) is 3.52. The summed E-state index contributed by atoms with van der Waals surface area (Å²) in [5, 5.41) is 6.94. The standard InChI is InChI=1S/C14H21N5O3S/c1-10-8-11(2)19-13(17-10)12(9-16-19)14(20)15-6-5-7-18(3)23(4,21)22/h8-9H,5-7H2,1-4H3,(H,15,20). The SMILES string of the molecule is Cc1cc(C)n2ncc(C(=O)NCCCN(C)S(C)(=O)=O)c2n1. The molecule has 0 saturated heterocycles. The second kappa shape index (κ2) is 6.63. The minimum absolute atomic E-state index is 0.264. The highest BCUT2D eigenvalue weighted by molar-refractivity contribution is 7.88. The van der Waals surface area contributed by atoms with Crippen LogP contribution in [0.1, 0.15) is 28.2 Å². The van der Waals surface area contributed by atoms with Crippen molar-refractivity contribution in [2.75, 3.05) is 26.4 Å². The zero-order valence-electron chi connectivity index (χ0n) is 13.7. The Bertz CT molecular complexity index is 828. The van der Waals surface area contributed by atoms with Gasteiger partial charge in [-0.1, -0.05) is 0 Å². The molecule has 0 bridgehead atoms. The summed E-state index contributed by atoms with van der Waals surface area (Å²) < 4.78 is 25.4. The number of rotatable bonds is 6. The van der Waals surface area contributed by atoms with E-state index in [0.29, 0.717) is 30.7 Å². The van der Waals surface area contributed by atoms with Gasteiger partial charge in [-0.2, -0.15) is 5.10 Å². The third kappa shape index (κ3) is 4.05. The Morgan fingerprint density at radius 1 is 1.39 bits per heavy atom. The lowest BCUT2D eigenvalue weighted by atomic mass is 10.3. The average Bonchev–Trinajstić information content (AvgIpc) is 2.86. The fourth-order valence-electron chi connectivity index (χ4n) is 2.20. The third-order valence-corrected chi connectivity index (χ3v) is 4.84. The molecule has 2 heterocycles. The maximum atomic E-state index is 12.2. The molecule has 1 N–H and O–H groups in total. The summed E-state index contributed by atoms with van der Waals surface area (Å²) in [6, 6.07) is 1.89. The Morgan fingerprint density at radius 3 is 2.74 bits per heavy atom. The number of aromatic nitrogens is 3. The Morgan fingerprint density at radius 2 is 2.09 bits per heavy atom. The number of nitrogens with zero attached hydrogens (tertiary/aromatic N) is 4. The second-order valence-corrected chi connectivity index (χ2v) is 7.62. The molecule has 0 spiro atoms. The molecule has 126 valence electrons. The predicted molar refractivity (Wildman–Crippen MR) is 86.9 cm³/mol. The predicted octanol–water partition coefficient (Wildman–Crippen LogP) is 0.357. The molecule has 0 radical (unpaired) electrons. The van der Waals surface area contributed by atoms with Crippen molar-refractivity contribution in [3.63, 3.8) is 0 Å². The average molecular weight is 339 g/mol. The minimum atomic E-state index is -3.19. The zero-order chi connectivity index (χ0) is 17.2. The molecule has 0 fully saturated rings. The summed E-state index contributed by atoms with van der Waals surface area (Å²) in [4.78, 5) is 16.6. The van der Waals surface area contributed by atoms with Crippen molar-refractivity contribution in [3.05, 3.63) is 29.2 Å². The van der Waals surface area contributed by atoms with Gasteiger partial charge in [0.25, 0.3) is 5.91 Å². The molecule has 0 aliphatic heterocycles. The van der Waals surface area contributed by atoms with Gasteiger partial charge >= 0.3 is 0 Å². The first-order chi connectivity index (χ1) is 10.7. The maximum Gasteiger partial charge on any atom is 0.256 e. The molecule has 0 aromatic carbocycles. The fraction of sp³-hybridized carbons (Fsp3) is 0.500. The summed E-state index contributed by atoms with van der Waals surface area (Å²) in [6.07, 6.45) is 3.17. The molecule has 0 atom stereocenters. The molecule has 8 nitrogen and oxygen atoms in total. The van der Waals surface area contributed by atoms with Crippen molar-refractivity contribution in [2.45, 2.75) is 20.3 Å². The minimum Gasteiger partial charge on any atom is -0.352 e. The van der Waals surface area contributed by atoms with E-state index in [1.165, 1.54) is 17.5 Å². The van der Waals surface area contributed by atoms with E-state index in [-0.39, 0.29) is 5.91 Å². The van der Waals surface area contributed by atoms with E-state index in [0.717, 1.165) is 17.6 Å². The van der Waals surface area contributed by atoms with Crippen LogP contribution in [0, 0.1) is 13.8 Å².